The molecule has 0 bridgehead atoms. The highest BCUT2D eigenvalue weighted by atomic mass is 32.2. The molecule has 0 spiro atoms. The second-order valence-corrected chi connectivity index (χ2v) is 9.46. The van der Waals surface area contributed by atoms with Gasteiger partial charge in [0.25, 0.3) is 0 Å². The molecule has 1 saturated heterocycles. The van der Waals surface area contributed by atoms with Crippen LogP contribution in [0.3, 0.4) is 0 Å². The molecule has 1 aliphatic rings. The standard InChI is InChI=1S/C27H26N2O2S/c1-17-6-11-21(12-7-17)28-27-29(22-13-8-18(2)9-14-22)26(31)25(32-27)16-24(30)23-15-19(3)5-10-20(23)4/h5-15,25H,16H2,1-4H3. The Morgan fingerprint density at radius 2 is 1.47 bits per heavy atom. The van der Waals surface area contributed by atoms with Crippen molar-refractivity contribution in [1.82, 2.24) is 0 Å². The van der Waals surface area contributed by atoms with Crippen LogP contribution in [0.25, 0.3) is 0 Å². The van der Waals surface area contributed by atoms with Gasteiger partial charge in [-0.3, -0.25) is 14.5 Å². The Labute approximate surface area is 193 Å². The number of aliphatic imine (C=N–C) groups is 1. The third kappa shape index (κ3) is 4.68. The van der Waals surface area contributed by atoms with E-state index in [9.17, 15) is 9.59 Å². The van der Waals surface area contributed by atoms with E-state index in [4.69, 9.17) is 4.99 Å². The van der Waals surface area contributed by atoms with Crippen LogP contribution in [0.2, 0.25) is 0 Å². The quantitative estimate of drug-likeness (QED) is 0.434. The summed E-state index contributed by atoms with van der Waals surface area (Å²) in [5.41, 5.74) is 6.46. The number of Topliss-reactive ketones (excluding diaryl/α,β-unsaturated/α-hetero) is 1. The van der Waals surface area contributed by atoms with Crippen molar-refractivity contribution in [2.45, 2.75) is 39.4 Å². The van der Waals surface area contributed by atoms with Crippen LogP contribution >= 0.6 is 11.8 Å². The first kappa shape index (κ1) is 22.0. The van der Waals surface area contributed by atoms with E-state index in [1.165, 1.54) is 11.8 Å². The fraction of sp³-hybridized carbons (Fsp3) is 0.222. The lowest BCUT2D eigenvalue weighted by Gasteiger charge is -2.17. The van der Waals surface area contributed by atoms with Crippen LogP contribution in [-0.4, -0.2) is 22.1 Å². The largest absolute Gasteiger partial charge is 0.294 e. The number of amides is 1. The van der Waals surface area contributed by atoms with E-state index >= 15 is 0 Å². The highest BCUT2D eigenvalue weighted by Crippen LogP contribution is 2.36. The summed E-state index contributed by atoms with van der Waals surface area (Å²) in [4.78, 5) is 32.9. The van der Waals surface area contributed by atoms with Crippen molar-refractivity contribution < 1.29 is 9.59 Å². The van der Waals surface area contributed by atoms with Crippen LogP contribution in [0.15, 0.2) is 71.7 Å². The molecule has 32 heavy (non-hydrogen) atoms. The van der Waals surface area contributed by atoms with Gasteiger partial charge in [0.15, 0.2) is 11.0 Å². The van der Waals surface area contributed by atoms with Gasteiger partial charge in [-0.05, 0) is 63.6 Å². The van der Waals surface area contributed by atoms with Crippen molar-refractivity contribution in [2.75, 3.05) is 4.90 Å². The van der Waals surface area contributed by atoms with E-state index in [1.807, 2.05) is 94.4 Å². The monoisotopic (exact) mass is 442 g/mol. The lowest BCUT2D eigenvalue weighted by atomic mass is 9.99. The summed E-state index contributed by atoms with van der Waals surface area (Å²) >= 11 is 1.36. The molecule has 1 heterocycles. The fourth-order valence-electron chi connectivity index (χ4n) is 3.65. The summed E-state index contributed by atoms with van der Waals surface area (Å²) in [5, 5.41) is 0.0920. The Hall–Kier alpha value is -3.18. The van der Waals surface area contributed by atoms with Crippen molar-refractivity contribution in [3.8, 4) is 0 Å². The van der Waals surface area contributed by atoms with Crippen LogP contribution < -0.4 is 4.90 Å². The highest BCUT2D eigenvalue weighted by Gasteiger charge is 2.40. The first-order valence-corrected chi connectivity index (χ1v) is 11.5. The van der Waals surface area contributed by atoms with Gasteiger partial charge in [0.2, 0.25) is 5.91 Å². The van der Waals surface area contributed by atoms with Gasteiger partial charge in [0.05, 0.1) is 16.6 Å². The summed E-state index contributed by atoms with van der Waals surface area (Å²) in [7, 11) is 0. The molecule has 0 aliphatic carbocycles. The Bertz CT molecular complexity index is 1200. The summed E-state index contributed by atoms with van der Waals surface area (Å²) in [6, 6.07) is 21.5. The van der Waals surface area contributed by atoms with E-state index in [2.05, 4.69) is 0 Å². The smallest absolute Gasteiger partial charge is 0.247 e. The summed E-state index contributed by atoms with van der Waals surface area (Å²) in [5.74, 6) is -0.124. The normalized spacial score (nSPS) is 17.2. The number of anilines is 1. The molecule has 1 unspecified atom stereocenters. The lowest BCUT2D eigenvalue weighted by molar-refractivity contribution is -0.116. The molecule has 1 aliphatic heterocycles. The van der Waals surface area contributed by atoms with E-state index in [0.717, 1.165) is 33.6 Å². The molecule has 1 fully saturated rings. The molecule has 5 heteroatoms. The number of carbonyl (C=O) groups is 2. The van der Waals surface area contributed by atoms with E-state index in [-0.39, 0.29) is 18.1 Å². The third-order valence-electron chi connectivity index (χ3n) is 5.55. The number of hydrogen-bond acceptors (Lipinski definition) is 4. The maximum atomic E-state index is 13.4. The maximum Gasteiger partial charge on any atom is 0.247 e. The van der Waals surface area contributed by atoms with E-state index in [0.29, 0.717) is 10.7 Å². The van der Waals surface area contributed by atoms with Crippen LogP contribution in [0, 0.1) is 27.7 Å². The van der Waals surface area contributed by atoms with Crippen molar-refractivity contribution >= 4 is 40.0 Å². The molecule has 162 valence electrons. The summed E-state index contributed by atoms with van der Waals surface area (Å²) in [6.45, 7) is 7.94. The Morgan fingerprint density at radius 1 is 0.875 bits per heavy atom. The molecule has 0 N–H and O–H groups in total. The van der Waals surface area contributed by atoms with Gasteiger partial charge in [-0.2, -0.15) is 0 Å². The average Bonchev–Trinajstić information content (AvgIpc) is 3.06. The van der Waals surface area contributed by atoms with E-state index < -0.39 is 5.25 Å². The Kier molecular flexibility index (Phi) is 6.28. The number of nitrogens with zero attached hydrogens (tertiary/aromatic N) is 2. The number of carbonyl (C=O) groups excluding carboxylic acids is 2. The molecule has 4 nitrogen and oxygen atoms in total. The molecule has 3 aromatic carbocycles. The first-order chi connectivity index (χ1) is 15.3. The summed E-state index contributed by atoms with van der Waals surface area (Å²) < 4.78 is 0. The second-order valence-electron chi connectivity index (χ2n) is 8.29. The minimum atomic E-state index is -0.507. The lowest BCUT2D eigenvalue weighted by Crippen LogP contribution is -2.32. The minimum absolute atomic E-state index is 0.0162. The van der Waals surface area contributed by atoms with Crippen molar-refractivity contribution in [3.63, 3.8) is 0 Å². The van der Waals surface area contributed by atoms with Gasteiger partial charge < -0.3 is 0 Å². The van der Waals surface area contributed by atoms with Gasteiger partial charge in [-0.1, -0.05) is 64.9 Å². The Balaban J connectivity index is 1.67. The first-order valence-electron chi connectivity index (χ1n) is 10.6. The molecule has 1 amide bonds. The van der Waals surface area contributed by atoms with Crippen molar-refractivity contribution in [3.05, 3.63) is 94.5 Å². The van der Waals surface area contributed by atoms with Crippen molar-refractivity contribution in [2.24, 2.45) is 4.99 Å². The zero-order valence-electron chi connectivity index (χ0n) is 18.8. The average molecular weight is 443 g/mol. The number of benzene rings is 3. The predicted molar refractivity (Wildman–Crippen MR) is 133 cm³/mol. The number of aryl methyl sites for hydroxylation is 4. The second kappa shape index (κ2) is 9.13. The van der Waals surface area contributed by atoms with E-state index in [1.54, 1.807) is 4.90 Å². The molecular formula is C27H26N2O2S. The minimum Gasteiger partial charge on any atom is -0.294 e. The summed E-state index contributed by atoms with van der Waals surface area (Å²) in [6.07, 6.45) is 0.142. The number of rotatable bonds is 5. The van der Waals surface area contributed by atoms with Crippen LogP contribution in [0.1, 0.15) is 39.0 Å². The molecule has 1 atom stereocenters. The maximum absolute atomic E-state index is 13.4. The van der Waals surface area contributed by atoms with Gasteiger partial charge in [-0.25, -0.2) is 4.99 Å². The van der Waals surface area contributed by atoms with Crippen LogP contribution in [0.5, 0.6) is 0 Å². The van der Waals surface area contributed by atoms with Gasteiger partial charge in [0.1, 0.15) is 0 Å². The highest BCUT2D eigenvalue weighted by molar-refractivity contribution is 8.16. The molecule has 0 aromatic heterocycles. The fourth-order valence-corrected chi connectivity index (χ4v) is 4.80. The number of thioether (sulfide) groups is 1. The molecule has 3 aromatic rings. The third-order valence-corrected chi connectivity index (χ3v) is 6.69. The number of amidine groups is 1. The van der Waals surface area contributed by atoms with Gasteiger partial charge in [0, 0.05) is 12.0 Å². The van der Waals surface area contributed by atoms with Crippen LogP contribution in [-0.2, 0) is 4.79 Å². The molecule has 0 radical (unpaired) electrons. The Morgan fingerprint density at radius 3 is 2.12 bits per heavy atom. The molecular weight excluding hydrogens is 416 g/mol. The number of ketones is 1. The SMILES string of the molecule is Cc1ccc(N=C2SC(CC(=O)c3cc(C)ccc3C)C(=O)N2c2ccc(C)cc2)cc1. The molecule has 4 rings (SSSR count). The van der Waals surface area contributed by atoms with Crippen LogP contribution in [0.4, 0.5) is 11.4 Å². The van der Waals surface area contributed by atoms with Crippen molar-refractivity contribution in [1.29, 1.82) is 0 Å². The predicted octanol–water partition coefficient (Wildman–Crippen LogP) is 6.33. The number of hydrogen-bond donors (Lipinski definition) is 0. The topological polar surface area (TPSA) is 49.7 Å². The zero-order chi connectivity index (χ0) is 22.8. The van der Waals surface area contributed by atoms with Gasteiger partial charge in [-0.15, -0.1) is 0 Å². The van der Waals surface area contributed by atoms with Gasteiger partial charge >= 0.3 is 0 Å². The molecule has 0 saturated carbocycles. The zero-order valence-corrected chi connectivity index (χ0v) is 19.6.